The number of para-hydroxylation sites is 1. The molecule has 0 N–H and O–H groups in total. The molecule has 2 aliphatic rings. The number of ketones is 1. The number of carbonyl (C=O) groups is 1. The van der Waals surface area contributed by atoms with E-state index in [4.69, 9.17) is 0 Å². The summed E-state index contributed by atoms with van der Waals surface area (Å²) < 4.78 is 2.41. The van der Waals surface area contributed by atoms with E-state index in [1.165, 1.54) is 83.0 Å². The molecule has 2 aliphatic carbocycles. The lowest BCUT2D eigenvalue weighted by Gasteiger charge is -2.14. The van der Waals surface area contributed by atoms with Crippen molar-refractivity contribution in [3.8, 4) is 72.4 Å². The van der Waals surface area contributed by atoms with Crippen molar-refractivity contribution in [2.24, 2.45) is 0 Å². The highest BCUT2D eigenvalue weighted by molar-refractivity contribution is 6.23. The van der Waals surface area contributed by atoms with Gasteiger partial charge in [0, 0.05) is 27.6 Å². The lowest BCUT2D eigenvalue weighted by atomic mass is 9.93. The topological polar surface area (TPSA) is 22.0 Å². The summed E-state index contributed by atoms with van der Waals surface area (Å²) >= 11 is 0. The first-order valence-electron chi connectivity index (χ1n) is 20.0. The molecule has 9 aromatic carbocycles. The van der Waals surface area contributed by atoms with Crippen LogP contribution in [0.4, 0.5) is 0 Å². The molecule has 0 atom stereocenters. The molecule has 0 saturated heterocycles. The Morgan fingerprint density at radius 2 is 0.931 bits per heavy atom. The van der Waals surface area contributed by atoms with Crippen molar-refractivity contribution in [3.63, 3.8) is 0 Å². The standard InChI is InChI=1S/C56H35NO/c58-56-49-20-8-7-18-45(49)48-26-25-46-50-32-38(22-23-40(50)34-52(46)55(48)56)39-24-27-54-51(33-39)47-19-9-10-21-53(47)57(54)44-17-11-16-37(31-44)43-29-41(35-12-3-1-4-13-35)28-42(30-43)36-14-5-2-6-15-36/h1-33H,34H2. The van der Waals surface area contributed by atoms with Crippen molar-refractivity contribution in [3.05, 3.63) is 222 Å². The molecule has 0 spiro atoms. The van der Waals surface area contributed by atoms with E-state index in [0.29, 0.717) is 0 Å². The Bertz CT molecular complexity index is 3260. The van der Waals surface area contributed by atoms with Gasteiger partial charge in [0.05, 0.1) is 11.0 Å². The third-order valence-corrected chi connectivity index (χ3v) is 12.4. The molecule has 0 saturated carbocycles. The quantitative estimate of drug-likeness (QED) is 0.172. The van der Waals surface area contributed by atoms with E-state index >= 15 is 0 Å². The van der Waals surface area contributed by atoms with Crippen LogP contribution in [-0.2, 0) is 6.42 Å². The number of rotatable bonds is 5. The van der Waals surface area contributed by atoms with Crippen LogP contribution in [0.5, 0.6) is 0 Å². The number of carbonyl (C=O) groups excluding carboxylic acids is 1. The second-order valence-electron chi connectivity index (χ2n) is 15.6. The second kappa shape index (κ2) is 12.7. The van der Waals surface area contributed by atoms with Gasteiger partial charge in [0.1, 0.15) is 0 Å². The maximum Gasteiger partial charge on any atom is 0.194 e. The summed E-state index contributed by atoms with van der Waals surface area (Å²) in [6, 6.07) is 72.1. The molecule has 58 heavy (non-hydrogen) atoms. The fourth-order valence-corrected chi connectivity index (χ4v) is 9.61. The lowest BCUT2D eigenvalue weighted by Crippen LogP contribution is -2.00. The first kappa shape index (κ1) is 32.7. The molecule has 0 bridgehead atoms. The monoisotopic (exact) mass is 737 g/mol. The number of nitrogens with zero attached hydrogens (tertiary/aromatic N) is 1. The van der Waals surface area contributed by atoms with Gasteiger partial charge in [0.15, 0.2) is 5.78 Å². The van der Waals surface area contributed by atoms with Gasteiger partial charge in [0.25, 0.3) is 0 Å². The maximum absolute atomic E-state index is 13.6. The SMILES string of the molecule is O=C1c2ccccc2-c2ccc3c(c21)Cc1ccc(-c2ccc4c(c2)c2ccccc2n4-c2cccc(-c4cc(-c5ccccc5)cc(-c5ccccc5)c4)c2)cc1-3. The first-order valence-corrected chi connectivity index (χ1v) is 20.0. The van der Waals surface area contributed by atoms with E-state index in [9.17, 15) is 4.79 Å². The van der Waals surface area contributed by atoms with Crippen LogP contribution in [0.3, 0.4) is 0 Å². The second-order valence-corrected chi connectivity index (χ2v) is 15.6. The predicted molar refractivity (Wildman–Crippen MR) is 240 cm³/mol. The van der Waals surface area contributed by atoms with Crippen molar-refractivity contribution in [2.75, 3.05) is 0 Å². The fourth-order valence-electron chi connectivity index (χ4n) is 9.61. The lowest BCUT2D eigenvalue weighted by molar-refractivity contribution is 0.104. The minimum absolute atomic E-state index is 0.153. The Morgan fingerprint density at radius 3 is 1.71 bits per heavy atom. The summed E-state index contributed by atoms with van der Waals surface area (Å²) in [6.45, 7) is 0. The van der Waals surface area contributed by atoms with Crippen LogP contribution in [0, 0.1) is 0 Å². The average molecular weight is 738 g/mol. The zero-order valence-corrected chi connectivity index (χ0v) is 31.6. The van der Waals surface area contributed by atoms with Crippen LogP contribution in [0.25, 0.3) is 94.3 Å². The molecule has 0 aliphatic heterocycles. The van der Waals surface area contributed by atoms with E-state index in [0.717, 1.165) is 39.9 Å². The Hall–Kier alpha value is -7.55. The largest absolute Gasteiger partial charge is 0.309 e. The predicted octanol–water partition coefficient (Wildman–Crippen LogP) is 14.2. The van der Waals surface area contributed by atoms with Gasteiger partial charge in [-0.05, 0) is 139 Å². The summed E-state index contributed by atoms with van der Waals surface area (Å²) in [7, 11) is 0. The average Bonchev–Trinajstić information content (AvgIpc) is 3.93. The molecule has 2 heteroatoms. The number of fused-ring (bicyclic) bond motifs is 10. The van der Waals surface area contributed by atoms with Gasteiger partial charge in [-0.15, -0.1) is 0 Å². The number of hydrogen-bond acceptors (Lipinski definition) is 1. The number of aromatic nitrogens is 1. The van der Waals surface area contributed by atoms with Crippen LogP contribution in [0.2, 0.25) is 0 Å². The van der Waals surface area contributed by atoms with E-state index in [1.807, 2.05) is 18.2 Å². The molecule has 0 fully saturated rings. The van der Waals surface area contributed by atoms with Crippen LogP contribution in [0.1, 0.15) is 27.0 Å². The minimum Gasteiger partial charge on any atom is -0.309 e. The molecule has 12 rings (SSSR count). The van der Waals surface area contributed by atoms with Crippen molar-refractivity contribution in [2.45, 2.75) is 6.42 Å². The van der Waals surface area contributed by atoms with Crippen LogP contribution >= 0.6 is 0 Å². The van der Waals surface area contributed by atoms with Crippen molar-refractivity contribution < 1.29 is 4.79 Å². The van der Waals surface area contributed by atoms with Gasteiger partial charge in [-0.2, -0.15) is 0 Å². The van der Waals surface area contributed by atoms with E-state index in [-0.39, 0.29) is 5.78 Å². The van der Waals surface area contributed by atoms with Crippen molar-refractivity contribution >= 4 is 27.6 Å². The maximum atomic E-state index is 13.6. The fraction of sp³-hybridized carbons (Fsp3) is 0.0179. The van der Waals surface area contributed by atoms with E-state index in [2.05, 4.69) is 187 Å². The first-order chi connectivity index (χ1) is 28.7. The summed E-state index contributed by atoms with van der Waals surface area (Å²) in [5, 5.41) is 2.44. The highest BCUT2D eigenvalue weighted by Gasteiger charge is 2.33. The molecule has 1 heterocycles. The Morgan fingerprint density at radius 1 is 0.345 bits per heavy atom. The molecule has 0 radical (unpaired) electrons. The highest BCUT2D eigenvalue weighted by Crippen LogP contribution is 2.47. The van der Waals surface area contributed by atoms with Gasteiger partial charge in [-0.25, -0.2) is 0 Å². The van der Waals surface area contributed by atoms with E-state index in [1.54, 1.807) is 0 Å². The number of benzene rings is 9. The van der Waals surface area contributed by atoms with Gasteiger partial charge in [0.2, 0.25) is 0 Å². The molecule has 1 aromatic heterocycles. The third kappa shape index (κ3) is 5.02. The Kier molecular flexibility index (Phi) is 7.18. The summed E-state index contributed by atoms with van der Waals surface area (Å²) in [5.41, 5.74) is 21.6. The van der Waals surface area contributed by atoms with E-state index < -0.39 is 0 Å². The molecular weight excluding hydrogens is 703 g/mol. The molecule has 10 aromatic rings. The van der Waals surface area contributed by atoms with Crippen molar-refractivity contribution in [1.29, 1.82) is 0 Å². The molecule has 2 nitrogen and oxygen atoms in total. The van der Waals surface area contributed by atoms with Gasteiger partial charge >= 0.3 is 0 Å². The van der Waals surface area contributed by atoms with Crippen LogP contribution in [-0.4, -0.2) is 10.4 Å². The third-order valence-electron chi connectivity index (χ3n) is 12.4. The number of hydrogen-bond donors (Lipinski definition) is 0. The normalized spacial score (nSPS) is 12.4. The molecule has 270 valence electrons. The Labute approximate surface area is 336 Å². The van der Waals surface area contributed by atoms with Gasteiger partial charge in [-0.3, -0.25) is 4.79 Å². The zero-order chi connectivity index (χ0) is 38.3. The zero-order valence-electron chi connectivity index (χ0n) is 31.6. The molecule has 0 unspecified atom stereocenters. The smallest absolute Gasteiger partial charge is 0.194 e. The van der Waals surface area contributed by atoms with Gasteiger partial charge in [-0.1, -0.05) is 146 Å². The van der Waals surface area contributed by atoms with Gasteiger partial charge < -0.3 is 4.57 Å². The van der Waals surface area contributed by atoms with Crippen LogP contribution < -0.4 is 0 Å². The molecule has 0 amide bonds. The highest BCUT2D eigenvalue weighted by atomic mass is 16.1. The van der Waals surface area contributed by atoms with Crippen molar-refractivity contribution in [1.82, 2.24) is 4.57 Å². The Balaban J connectivity index is 0.956. The molecular formula is C56H35NO. The summed E-state index contributed by atoms with van der Waals surface area (Å²) in [4.78, 5) is 13.6. The summed E-state index contributed by atoms with van der Waals surface area (Å²) in [6.07, 6.45) is 0.781. The summed E-state index contributed by atoms with van der Waals surface area (Å²) in [5.74, 6) is 0.153. The van der Waals surface area contributed by atoms with Crippen LogP contribution in [0.15, 0.2) is 200 Å². The minimum atomic E-state index is 0.153.